The highest BCUT2D eigenvalue weighted by atomic mass is 32.2. The molecule has 0 fully saturated rings. The molecule has 0 aliphatic rings. The minimum absolute atomic E-state index is 0.177. The monoisotopic (exact) mass is 353 g/mol. The average Bonchev–Trinajstić information content (AvgIpc) is 2.58. The van der Waals surface area contributed by atoms with Crippen LogP contribution >= 0.6 is 0 Å². The minimum Gasteiger partial charge on any atom is -0.293 e. The van der Waals surface area contributed by atoms with Crippen LogP contribution in [0.3, 0.4) is 0 Å². The lowest BCUT2D eigenvalue weighted by molar-refractivity contribution is 0.0997. The number of rotatable bonds is 5. The van der Waals surface area contributed by atoms with E-state index in [0.717, 1.165) is 21.9 Å². The van der Waals surface area contributed by atoms with Crippen LogP contribution in [-0.4, -0.2) is 20.7 Å². The van der Waals surface area contributed by atoms with Gasteiger partial charge in [-0.2, -0.15) is 0 Å². The second kappa shape index (κ2) is 6.78. The molecule has 0 bridgehead atoms. The van der Waals surface area contributed by atoms with Gasteiger partial charge >= 0.3 is 0 Å². The first-order chi connectivity index (χ1) is 11.8. The number of fused-ring (bicyclic) bond motifs is 1. The van der Waals surface area contributed by atoms with Crippen LogP contribution in [0.2, 0.25) is 0 Å². The second-order valence-electron chi connectivity index (χ2n) is 6.13. The number of hydrogen-bond donors (Lipinski definition) is 1. The van der Waals surface area contributed by atoms with Gasteiger partial charge in [0, 0.05) is 5.56 Å². The first-order valence-corrected chi connectivity index (χ1v) is 9.43. The van der Waals surface area contributed by atoms with E-state index in [-0.39, 0.29) is 17.2 Å². The fourth-order valence-electron chi connectivity index (χ4n) is 2.80. The summed E-state index contributed by atoms with van der Waals surface area (Å²) in [4.78, 5) is 12.6. The Labute approximate surface area is 147 Å². The Bertz CT molecular complexity index is 1040. The third-order valence-electron chi connectivity index (χ3n) is 4.00. The van der Waals surface area contributed by atoms with Crippen molar-refractivity contribution in [3.63, 3.8) is 0 Å². The maximum Gasteiger partial charge on any atom is 0.240 e. The van der Waals surface area contributed by atoms with Crippen LogP contribution in [-0.2, 0) is 10.0 Å². The van der Waals surface area contributed by atoms with Gasteiger partial charge in [0.25, 0.3) is 0 Å². The molecular weight excluding hydrogens is 334 g/mol. The summed E-state index contributed by atoms with van der Waals surface area (Å²) in [5, 5.41) is 1.99. The predicted octanol–water partition coefficient (Wildman–Crippen LogP) is 3.62. The largest absolute Gasteiger partial charge is 0.293 e. The van der Waals surface area contributed by atoms with E-state index in [1.807, 2.05) is 50.2 Å². The van der Waals surface area contributed by atoms with Crippen molar-refractivity contribution in [1.29, 1.82) is 0 Å². The van der Waals surface area contributed by atoms with Gasteiger partial charge in [-0.15, -0.1) is 0 Å². The summed E-state index contributed by atoms with van der Waals surface area (Å²) in [5.74, 6) is -0.265. The van der Waals surface area contributed by atoms with Gasteiger partial charge in [0.2, 0.25) is 10.0 Å². The molecule has 3 rings (SSSR count). The number of carbonyl (C=O) groups excluding carboxylic acids is 1. The quantitative estimate of drug-likeness (QED) is 0.713. The molecule has 3 aromatic rings. The molecule has 0 unspecified atom stereocenters. The van der Waals surface area contributed by atoms with Crippen LogP contribution in [0, 0.1) is 13.8 Å². The Balaban J connectivity index is 1.78. The van der Waals surface area contributed by atoms with Crippen molar-refractivity contribution in [1.82, 2.24) is 4.72 Å². The van der Waals surface area contributed by atoms with Crippen LogP contribution in [0.4, 0.5) is 0 Å². The average molecular weight is 353 g/mol. The van der Waals surface area contributed by atoms with Crippen molar-refractivity contribution >= 4 is 26.6 Å². The van der Waals surface area contributed by atoms with Crippen LogP contribution in [0.15, 0.2) is 65.6 Å². The molecule has 0 heterocycles. The lowest BCUT2D eigenvalue weighted by atomic mass is 10.0. The van der Waals surface area contributed by atoms with E-state index in [0.29, 0.717) is 5.56 Å². The van der Waals surface area contributed by atoms with Gasteiger partial charge in [-0.3, -0.25) is 4.79 Å². The summed E-state index contributed by atoms with van der Waals surface area (Å²) in [6.45, 7) is 3.41. The molecule has 4 nitrogen and oxygen atoms in total. The zero-order chi connectivity index (χ0) is 18.0. The standard InChI is InChI=1S/C20H19NO3S/c1-14-9-15(2)11-19(10-14)25(23,24)21-13-20(22)18-8-7-16-5-3-4-6-17(16)12-18/h3-12,21H,13H2,1-2H3. The fourth-order valence-corrected chi connectivity index (χ4v) is 3.97. The summed E-state index contributed by atoms with van der Waals surface area (Å²) in [5.41, 5.74) is 2.21. The van der Waals surface area contributed by atoms with E-state index in [1.54, 1.807) is 24.3 Å². The Morgan fingerprint density at radius 1 is 0.880 bits per heavy atom. The fraction of sp³-hybridized carbons (Fsp3) is 0.150. The van der Waals surface area contributed by atoms with E-state index in [1.165, 1.54) is 0 Å². The number of aryl methyl sites for hydroxylation is 2. The number of Topliss-reactive ketones (excluding diaryl/α,β-unsaturated/α-hetero) is 1. The summed E-state index contributed by atoms with van der Waals surface area (Å²) < 4.78 is 27.2. The molecule has 1 N–H and O–H groups in total. The molecule has 0 radical (unpaired) electrons. The first-order valence-electron chi connectivity index (χ1n) is 7.95. The molecule has 0 aliphatic carbocycles. The number of nitrogens with one attached hydrogen (secondary N) is 1. The highest BCUT2D eigenvalue weighted by molar-refractivity contribution is 7.89. The molecule has 128 valence electrons. The molecule has 0 spiro atoms. The van der Waals surface area contributed by atoms with Crippen LogP contribution in [0.25, 0.3) is 10.8 Å². The van der Waals surface area contributed by atoms with Gasteiger partial charge in [-0.1, -0.05) is 42.5 Å². The number of hydrogen-bond acceptors (Lipinski definition) is 3. The summed E-state index contributed by atoms with van der Waals surface area (Å²) >= 11 is 0. The van der Waals surface area contributed by atoms with Crippen molar-refractivity contribution in [2.45, 2.75) is 18.7 Å². The summed E-state index contributed by atoms with van der Waals surface area (Å²) in [7, 11) is -3.72. The van der Waals surface area contributed by atoms with Crippen molar-refractivity contribution < 1.29 is 13.2 Å². The maximum atomic E-state index is 12.4. The van der Waals surface area contributed by atoms with Crippen molar-refractivity contribution in [2.75, 3.05) is 6.54 Å². The third-order valence-corrected chi connectivity index (χ3v) is 5.38. The Morgan fingerprint density at radius 2 is 1.52 bits per heavy atom. The first kappa shape index (κ1) is 17.3. The van der Waals surface area contributed by atoms with E-state index >= 15 is 0 Å². The SMILES string of the molecule is Cc1cc(C)cc(S(=O)(=O)NCC(=O)c2ccc3ccccc3c2)c1. The molecule has 0 atom stereocenters. The van der Waals surface area contributed by atoms with Gasteiger partial charge in [0.1, 0.15) is 0 Å². The van der Waals surface area contributed by atoms with Crippen molar-refractivity contribution in [3.05, 3.63) is 77.4 Å². The summed E-state index contributed by atoms with van der Waals surface area (Å²) in [6.07, 6.45) is 0. The Kier molecular flexibility index (Phi) is 4.70. The highest BCUT2D eigenvalue weighted by Crippen LogP contribution is 2.17. The molecule has 0 saturated carbocycles. The lowest BCUT2D eigenvalue weighted by Gasteiger charge is -2.09. The highest BCUT2D eigenvalue weighted by Gasteiger charge is 2.17. The lowest BCUT2D eigenvalue weighted by Crippen LogP contribution is -2.29. The molecule has 3 aromatic carbocycles. The summed E-state index contributed by atoms with van der Waals surface area (Å²) in [6, 6.07) is 18.2. The molecule has 0 aliphatic heterocycles. The Hall–Kier alpha value is -2.50. The normalized spacial score (nSPS) is 11.6. The topological polar surface area (TPSA) is 63.2 Å². The van der Waals surface area contributed by atoms with E-state index in [9.17, 15) is 13.2 Å². The number of carbonyl (C=O) groups is 1. The zero-order valence-electron chi connectivity index (χ0n) is 14.1. The second-order valence-corrected chi connectivity index (χ2v) is 7.90. The van der Waals surface area contributed by atoms with E-state index in [4.69, 9.17) is 0 Å². The molecule has 0 amide bonds. The predicted molar refractivity (Wildman–Crippen MR) is 99.4 cm³/mol. The van der Waals surface area contributed by atoms with Gasteiger partial charge in [-0.25, -0.2) is 13.1 Å². The number of ketones is 1. The molecule has 5 heteroatoms. The Morgan fingerprint density at radius 3 is 2.20 bits per heavy atom. The molecule has 25 heavy (non-hydrogen) atoms. The maximum absolute atomic E-state index is 12.4. The van der Waals surface area contributed by atoms with Gasteiger partial charge in [0.15, 0.2) is 5.78 Å². The number of sulfonamides is 1. The molecule has 0 aromatic heterocycles. The van der Waals surface area contributed by atoms with Crippen LogP contribution < -0.4 is 4.72 Å². The van der Waals surface area contributed by atoms with E-state index < -0.39 is 10.0 Å². The van der Waals surface area contributed by atoms with Crippen molar-refractivity contribution in [3.8, 4) is 0 Å². The van der Waals surface area contributed by atoms with Gasteiger partial charge in [0.05, 0.1) is 11.4 Å². The van der Waals surface area contributed by atoms with Gasteiger partial charge in [-0.05, 0) is 53.9 Å². The third kappa shape index (κ3) is 3.95. The molecule has 0 saturated heterocycles. The van der Waals surface area contributed by atoms with Gasteiger partial charge < -0.3 is 0 Å². The van der Waals surface area contributed by atoms with E-state index in [2.05, 4.69) is 4.72 Å². The van der Waals surface area contributed by atoms with Crippen molar-refractivity contribution in [2.24, 2.45) is 0 Å². The van der Waals surface area contributed by atoms with Crippen LogP contribution in [0.5, 0.6) is 0 Å². The smallest absolute Gasteiger partial charge is 0.240 e. The zero-order valence-corrected chi connectivity index (χ0v) is 14.9. The number of benzene rings is 3. The minimum atomic E-state index is -3.72. The molecular formula is C20H19NO3S. The van der Waals surface area contributed by atoms with Crippen LogP contribution in [0.1, 0.15) is 21.5 Å².